The molecule has 2 aromatic rings. The van der Waals surface area contributed by atoms with Crippen LogP contribution in [0.2, 0.25) is 0 Å². The van der Waals surface area contributed by atoms with E-state index in [0.717, 1.165) is 5.75 Å². The Hall–Kier alpha value is -0.890. The number of hydrogen-bond donors (Lipinski definition) is 1. The van der Waals surface area contributed by atoms with Crippen LogP contribution in [0.4, 0.5) is 0 Å². The van der Waals surface area contributed by atoms with Gasteiger partial charge in [-0.1, -0.05) is 13.0 Å². The van der Waals surface area contributed by atoms with Crippen molar-refractivity contribution in [3.8, 4) is 0 Å². The molecule has 15 heavy (non-hydrogen) atoms. The second kappa shape index (κ2) is 3.60. The maximum Gasteiger partial charge on any atom is 0.0470 e. The van der Waals surface area contributed by atoms with Gasteiger partial charge in [0.1, 0.15) is 0 Å². The maximum absolute atomic E-state index is 3.56. The van der Waals surface area contributed by atoms with Gasteiger partial charge in [-0.15, -0.1) is 11.8 Å². The van der Waals surface area contributed by atoms with E-state index >= 15 is 0 Å². The Morgan fingerprint density at radius 1 is 1.33 bits per heavy atom. The quantitative estimate of drug-likeness (QED) is 0.757. The van der Waals surface area contributed by atoms with Gasteiger partial charge in [0.2, 0.25) is 0 Å². The van der Waals surface area contributed by atoms with E-state index in [0.29, 0.717) is 0 Å². The first kappa shape index (κ1) is 9.34. The highest BCUT2D eigenvalue weighted by Crippen LogP contribution is 2.32. The number of rotatable bonds is 2. The Morgan fingerprint density at radius 3 is 3.13 bits per heavy atom. The number of hydrogen-bond acceptors (Lipinski definition) is 1. The molecule has 0 unspecified atom stereocenters. The minimum atomic E-state index is 1.14. The monoisotopic (exact) mass is 217 g/mol. The van der Waals surface area contributed by atoms with Crippen LogP contribution in [0.1, 0.15) is 24.6 Å². The Morgan fingerprint density at radius 2 is 2.27 bits per heavy atom. The predicted molar refractivity (Wildman–Crippen MR) is 66.7 cm³/mol. The molecule has 2 heteroatoms. The number of aryl methyl sites for hydroxylation is 2. The summed E-state index contributed by atoms with van der Waals surface area (Å²) in [6.07, 6.45) is 3.82. The third-order valence-corrected chi connectivity index (χ3v) is 4.01. The van der Waals surface area contributed by atoms with Crippen molar-refractivity contribution in [2.24, 2.45) is 0 Å². The summed E-state index contributed by atoms with van der Waals surface area (Å²) >= 11 is 1.91. The Bertz CT molecular complexity index is 498. The molecule has 1 heterocycles. The average Bonchev–Trinajstić information content (AvgIpc) is 2.77. The van der Waals surface area contributed by atoms with Gasteiger partial charge in [-0.05, 0) is 42.7 Å². The maximum atomic E-state index is 3.56. The summed E-state index contributed by atoms with van der Waals surface area (Å²) in [6, 6.07) is 6.83. The minimum Gasteiger partial charge on any atom is -0.358 e. The molecule has 0 fully saturated rings. The van der Waals surface area contributed by atoms with Gasteiger partial charge < -0.3 is 4.98 Å². The van der Waals surface area contributed by atoms with E-state index in [9.17, 15) is 0 Å². The van der Waals surface area contributed by atoms with Crippen LogP contribution in [0.25, 0.3) is 10.9 Å². The Kier molecular flexibility index (Phi) is 2.24. The third kappa shape index (κ3) is 1.48. The standard InChI is InChI=1S/C13H15NS/c1-2-15-9-6-7-11-10-4-3-5-12(10)14-13(11)8-9/h6-8,14H,2-5H2,1H3. The van der Waals surface area contributed by atoms with E-state index in [2.05, 4.69) is 30.1 Å². The molecule has 0 saturated heterocycles. The van der Waals surface area contributed by atoms with Crippen molar-refractivity contribution in [2.45, 2.75) is 31.1 Å². The lowest BCUT2D eigenvalue weighted by Crippen LogP contribution is -1.78. The van der Waals surface area contributed by atoms with Crippen molar-refractivity contribution in [1.29, 1.82) is 0 Å². The largest absolute Gasteiger partial charge is 0.358 e. The topological polar surface area (TPSA) is 15.8 Å². The number of H-pyrrole nitrogens is 1. The number of thioether (sulfide) groups is 1. The van der Waals surface area contributed by atoms with Crippen LogP contribution in [-0.2, 0) is 12.8 Å². The summed E-state index contributed by atoms with van der Waals surface area (Å²) in [4.78, 5) is 4.94. The molecule has 0 aliphatic heterocycles. The third-order valence-electron chi connectivity index (χ3n) is 3.13. The second-order valence-corrected chi connectivity index (χ2v) is 5.41. The van der Waals surface area contributed by atoms with Crippen molar-refractivity contribution in [3.05, 3.63) is 29.5 Å². The van der Waals surface area contributed by atoms with E-state index in [1.807, 2.05) is 11.8 Å². The van der Waals surface area contributed by atoms with Crippen LogP contribution in [-0.4, -0.2) is 10.7 Å². The fourth-order valence-corrected chi connectivity index (χ4v) is 3.19. The first-order valence-electron chi connectivity index (χ1n) is 5.65. The van der Waals surface area contributed by atoms with Crippen LogP contribution < -0.4 is 0 Å². The first-order valence-corrected chi connectivity index (χ1v) is 6.63. The van der Waals surface area contributed by atoms with Gasteiger partial charge in [-0.2, -0.15) is 0 Å². The van der Waals surface area contributed by atoms with Gasteiger partial charge in [0.25, 0.3) is 0 Å². The molecule has 0 bridgehead atoms. The van der Waals surface area contributed by atoms with Crippen molar-refractivity contribution >= 4 is 22.7 Å². The van der Waals surface area contributed by atoms with Gasteiger partial charge in [0.15, 0.2) is 0 Å². The van der Waals surface area contributed by atoms with Crippen LogP contribution in [0, 0.1) is 0 Å². The van der Waals surface area contributed by atoms with Crippen LogP contribution in [0.15, 0.2) is 23.1 Å². The van der Waals surface area contributed by atoms with Gasteiger partial charge in [-0.25, -0.2) is 0 Å². The molecule has 0 radical (unpaired) electrons. The van der Waals surface area contributed by atoms with E-state index in [-0.39, 0.29) is 0 Å². The molecule has 0 atom stereocenters. The molecule has 1 aromatic heterocycles. The van der Waals surface area contributed by atoms with Gasteiger partial charge >= 0.3 is 0 Å². The first-order chi connectivity index (χ1) is 7.38. The smallest absolute Gasteiger partial charge is 0.0470 e. The zero-order chi connectivity index (χ0) is 10.3. The lowest BCUT2D eigenvalue weighted by Gasteiger charge is -1.99. The molecule has 1 N–H and O–H groups in total. The summed E-state index contributed by atoms with van der Waals surface area (Å²) < 4.78 is 0. The molecule has 1 aliphatic rings. The van der Waals surface area contributed by atoms with Crippen LogP contribution in [0.3, 0.4) is 0 Å². The fraction of sp³-hybridized carbons (Fsp3) is 0.385. The van der Waals surface area contributed by atoms with Gasteiger partial charge in [0, 0.05) is 21.5 Å². The second-order valence-electron chi connectivity index (χ2n) is 4.08. The van der Waals surface area contributed by atoms with Crippen LogP contribution in [0.5, 0.6) is 0 Å². The fourth-order valence-electron chi connectivity index (χ4n) is 2.49. The molecule has 78 valence electrons. The normalized spacial score (nSPS) is 14.7. The Labute approximate surface area is 94.3 Å². The summed E-state index contributed by atoms with van der Waals surface area (Å²) in [7, 11) is 0. The van der Waals surface area contributed by atoms with Crippen molar-refractivity contribution < 1.29 is 0 Å². The molecule has 0 amide bonds. The SMILES string of the molecule is CCSc1ccc2c3c([nH]c2c1)CCC3. The molecule has 0 spiro atoms. The van der Waals surface area contributed by atoms with Crippen molar-refractivity contribution in [1.82, 2.24) is 4.98 Å². The Balaban J connectivity index is 2.13. The average molecular weight is 217 g/mol. The number of nitrogens with one attached hydrogen (secondary N) is 1. The van der Waals surface area contributed by atoms with Crippen molar-refractivity contribution in [2.75, 3.05) is 5.75 Å². The van der Waals surface area contributed by atoms with Crippen LogP contribution >= 0.6 is 11.8 Å². The number of aromatic amines is 1. The molecular weight excluding hydrogens is 202 g/mol. The highest BCUT2D eigenvalue weighted by atomic mass is 32.2. The molecular formula is C13H15NS. The van der Waals surface area contributed by atoms with Gasteiger partial charge in [0.05, 0.1) is 0 Å². The summed E-state index contributed by atoms with van der Waals surface area (Å²) in [5.41, 5.74) is 4.37. The summed E-state index contributed by atoms with van der Waals surface area (Å²) in [5, 5.41) is 1.45. The molecule has 1 aliphatic carbocycles. The lowest BCUT2D eigenvalue weighted by molar-refractivity contribution is 0.899. The van der Waals surface area contributed by atoms with Gasteiger partial charge in [-0.3, -0.25) is 0 Å². The zero-order valence-corrected chi connectivity index (χ0v) is 9.79. The lowest BCUT2D eigenvalue weighted by atomic mass is 10.1. The minimum absolute atomic E-state index is 1.14. The van der Waals surface area contributed by atoms with E-state index in [1.54, 1.807) is 5.56 Å². The zero-order valence-electron chi connectivity index (χ0n) is 8.97. The van der Waals surface area contributed by atoms with E-state index < -0.39 is 0 Å². The summed E-state index contributed by atoms with van der Waals surface area (Å²) in [5.74, 6) is 1.14. The van der Waals surface area contributed by atoms with Crippen molar-refractivity contribution in [3.63, 3.8) is 0 Å². The highest BCUT2D eigenvalue weighted by Gasteiger charge is 2.16. The number of benzene rings is 1. The molecule has 1 aromatic carbocycles. The summed E-state index contributed by atoms with van der Waals surface area (Å²) in [6.45, 7) is 2.20. The molecule has 0 saturated carbocycles. The molecule has 3 rings (SSSR count). The highest BCUT2D eigenvalue weighted by molar-refractivity contribution is 7.99. The number of aromatic nitrogens is 1. The van der Waals surface area contributed by atoms with E-state index in [4.69, 9.17) is 0 Å². The van der Waals surface area contributed by atoms with E-state index in [1.165, 1.54) is 40.8 Å². The molecule has 1 nitrogen and oxygen atoms in total. The predicted octanol–water partition coefficient (Wildman–Crippen LogP) is 3.77. The number of fused-ring (bicyclic) bond motifs is 3.